The molecule has 94 valence electrons. The molecular weight excluding hydrogens is 222 g/mol. The van der Waals surface area contributed by atoms with E-state index < -0.39 is 0 Å². The van der Waals surface area contributed by atoms with Crippen LogP contribution in [0.4, 0.5) is 0 Å². The maximum absolute atomic E-state index is 11.3. The van der Waals surface area contributed by atoms with Gasteiger partial charge >= 0.3 is 0 Å². The average Bonchev–Trinajstić information content (AvgIpc) is 2.29. The maximum atomic E-state index is 11.3. The van der Waals surface area contributed by atoms with E-state index in [1.165, 1.54) is 24.6 Å². The lowest BCUT2D eigenvalue weighted by atomic mass is 10.3. The third kappa shape index (κ3) is 5.72. The molecule has 0 bridgehead atoms. The molecule has 1 fully saturated rings. The fourth-order valence-corrected chi connectivity index (χ4v) is 2.58. The summed E-state index contributed by atoms with van der Waals surface area (Å²) in [5.74, 6) is 2.72. The lowest BCUT2D eigenvalue weighted by molar-refractivity contribution is -0.128. The van der Waals surface area contributed by atoms with Crippen LogP contribution in [0, 0.1) is 0 Å². The van der Waals surface area contributed by atoms with E-state index in [0.29, 0.717) is 6.42 Å². The number of nitrogens with one attached hydrogen (secondary N) is 1. The molecule has 1 aliphatic heterocycles. The lowest BCUT2D eigenvalue weighted by Gasteiger charge is -2.26. The van der Waals surface area contributed by atoms with Crippen molar-refractivity contribution < 1.29 is 4.79 Å². The summed E-state index contributed by atoms with van der Waals surface area (Å²) in [5.41, 5.74) is 0. The first-order chi connectivity index (χ1) is 7.70. The molecule has 0 spiro atoms. The van der Waals surface area contributed by atoms with Crippen molar-refractivity contribution >= 4 is 17.7 Å². The molecule has 1 N–H and O–H groups in total. The van der Waals surface area contributed by atoms with E-state index in [0.717, 1.165) is 19.6 Å². The number of amides is 1. The Balaban J connectivity index is 1.93. The third-order valence-corrected chi connectivity index (χ3v) is 3.67. The minimum Gasteiger partial charge on any atom is -0.349 e. The van der Waals surface area contributed by atoms with Crippen LogP contribution in [-0.2, 0) is 4.79 Å². The zero-order valence-corrected chi connectivity index (χ0v) is 11.2. The molecule has 0 saturated carbocycles. The van der Waals surface area contributed by atoms with Gasteiger partial charge in [-0.05, 0) is 0 Å². The summed E-state index contributed by atoms with van der Waals surface area (Å²) in [4.78, 5) is 15.4. The van der Waals surface area contributed by atoms with Gasteiger partial charge in [-0.1, -0.05) is 0 Å². The molecule has 1 saturated heterocycles. The number of rotatable bonds is 6. The molecule has 1 amide bonds. The van der Waals surface area contributed by atoms with Gasteiger partial charge in [0, 0.05) is 64.7 Å². The van der Waals surface area contributed by atoms with Gasteiger partial charge in [0.15, 0.2) is 0 Å². The molecule has 0 aromatic carbocycles. The number of carbonyl (C=O) groups excluding carboxylic acids is 1. The second-order valence-electron chi connectivity index (χ2n) is 4.24. The Morgan fingerprint density at radius 2 is 2.00 bits per heavy atom. The van der Waals surface area contributed by atoms with Crippen molar-refractivity contribution in [3.05, 3.63) is 0 Å². The molecule has 16 heavy (non-hydrogen) atoms. The largest absolute Gasteiger partial charge is 0.349 e. The number of carbonyl (C=O) groups is 1. The molecule has 0 aliphatic carbocycles. The van der Waals surface area contributed by atoms with Gasteiger partial charge < -0.3 is 15.1 Å². The van der Waals surface area contributed by atoms with Crippen LogP contribution in [0.25, 0.3) is 0 Å². The number of hydrogen-bond acceptors (Lipinski definition) is 4. The highest BCUT2D eigenvalue weighted by Gasteiger charge is 2.09. The van der Waals surface area contributed by atoms with Crippen LogP contribution in [-0.4, -0.2) is 74.0 Å². The van der Waals surface area contributed by atoms with Gasteiger partial charge in [0.2, 0.25) is 5.91 Å². The normalized spacial score (nSPS) is 17.4. The molecular formula is C11H23N3OS. The maximum Gasteiger partial charge on any atom is 0.223 e. The summed E-state index contributed by atoms with van der Waals surface area (Å²) in [6, 6.07) is 0. The van der Waals surface area contributed by atoms with Crippen LogP contribution in [0.5, 0.6) is 0 Å². The van der Waals surface area contributed by atoms with Crippen LogP contribution in [0.15, 0.2) is 0 Å². The molecule has 1 aliphatic rings. The molecule has 0 aromatic heterocycles. The van der Waals surface area contributed by atoms with Crippen LogP contribution in [0.2, 0.25) is 0 Å². The zero-order chi connectivity index (χ0) is 11.8. The quantitative estimate of drug-likeness (QED) is 0.674. The molecule has 0 aromatic rings. The van der Waals surface area contributed by atoms with E-state index in [9.17, 15) is 4.79 Å². The summed E-state index contributed by atoms with van der Waals surface area (Å²) in [5, 5.41) is 3.32. The highest BCUT2D eigenvalue weighted by Crippen LogP contribution is 2.07. The Hall–Kier alpha value is -0.260. The molecule has 0 radical (unpaired) electrons. The zero-order valence-electron chi connectivity index (χ0n) is 10.4. The van der Waals surface area contributed by atoms with Gasteiger partial charge in [-0.15, -0.1) is 0 Å². The smallest absolute Gasteiger partial charge is 0.223 e. The summed E-state index contributed by atoms with van der Waals surface area (Å²) in [7, 11) is 3.60. The minimum absolute atomic E-state index is 0.196. The van der Waals surface area contributed by atoms with Crippen molar-refractivity contribution in [2.24, 2.45) is 0 Å². The Labute approximate surface area is 103 Å². The minimum atomic E-state index is 0.196. The first-order valence-corrected chi connectivity index (χ1v) is 7.06. The van der Waals surface area contributed by atoms with E-state index in [1.54, 1.807) is 19.0 Å². The Bertz CT molecular complexity index is 205. The van der Waals surface area contributed by atoms with Crippen molar-refractivity contribution in [3.63, 3.8) is 0 Å². The van der Waals surface area contributed by atoms with Crippen LogP contribution in [0.1, 0.15) is 6.42 Å². The Morgan fingerprint density at radius 3 is 2.62 bits per heavy atom. The van der Waals surface area contributed by atoms with Gasteiger partial charge in [-0.25, -0.2) is 0 Å². The third-order valence-electron chi connectivity index (χ3n) is 2.72. The van der Waals surface area contributed by atoms with Crippen molar-refractivity contribution in [1.29, 1.82) is 0 Å². The molecule has 1 heterocycles. The van der Waals surface area contributed by atoms with Gasteiger partial charge in [0.05, 0.1) is 0 Å². The standard InChI is InChI=1S/C11H23N3OS/c1-13(2)11(15)3-4-12-5-6-14-7-9-16-10-8-14/h12H,3-10H2,1-2H3. The summed E-state index contributed by atoms with van der Waals surface area (Å²) >= 11 is 2.04. The van der Waals surface area contributed by atoms with E-state index in [2.05, 4.69) is 10.2 Å². The van der Waals surface area contributed by atoms with Crippen LogP contribution < -0.4 is 5.32 Å². The average molecular weight is 245 g/mol. The summed E-state index contributed by atoms with van der Waals surface area (Å²) < 4.78 is 0. The van der Waals surface area contributed by atoms with Crippen molar-refractivity contribution in [2.75, 3.05) is 58.3 Å². The molecule has 1 rings (SSSR count). The highest BCUT2D eigenvalue weighted by molar-refractivity contribution is 7.99. The van der Waals surface area contributed by atoms with Crippen molar-refractivity contribution in [3.8, 4) is 0 Å². The van der Waals surface area contributed by atoms with Crippen LogP contribution in [0.3, 0.4) is 0 Å². The summed E-state index contributed by atoms with van der Waals surface area (Å²) in [6.07, 6.45) is 0.600. The van der Waals surface area contributed by atoms with Gasteiger partial charge in [-0.2, -0.15) is 11.8 Å². The second kappa shape index (κ2) is 7.92. The second-order valence-corrected chi connectivity index (χ2v) is 5.47. The molecule has 4 nitrogen and oxygen atoms in total. The van der Waals surface area contributed by atoms with Gasteiger partial charge in [-0.3, -0.25) is 4.79 Å². The van der Waals surface area contributed by atoms with E-state index in [1.807, 2.05) is 11.8 Å². The first-order valence-electron chi connectivity index (χ1n) is 5.91. The number of hydrogen-bond donors (Lipinski definition) is 1. The van der Waals surface area contributed by atoms with Gasteiger partial charge in [0.25, 0.3) is 0 Å². The fraction of sp³-hybridized carbons (Fsp3) is 0.909. The van der Waals surface area contributed by atoms with E-state index in [4.69, 9.17) is 0 Å². The van der Waals surface area contributed by atoms with Crippen LogP contribution >= 0.6 is 11.8 Å². The topological polar surface area (TPSA) is 35.6 Å². The predicted molar refractivity (Wildman–Crippen MR) is 69.9 cm³/mol. The predicted octanol–water partition coefficient (Wildman–Crippen LogP) is 0.103. The first kappa shape index (κ1) is 13.8. The van der Waals surface area contributed by atoms with E-state index >= 15 is 0 Å². The fourth-order valence-electron chi connectivity index (χ4n) is 1.61. The Kier molecular flexibility index (Phi) is 6.84. The monoisotopic (exact) mass is 245 g/mol. The van der Waals surface area contributed by atoms with Crippen molar-refractivity contribution in [1.82, 2.24) is 15.1 Å². The molecule has 0 atom stereocenters. The number of thioether (sulfide) groups is 1. The SMILES string of the molecule is CN(C)C(=O)CCNCCN1CCSCC1. The lowest BCUT2D eigenvalue weighted by Crippen LogP contribution is -2.38. The Morgan fingerprint density at radius 1 is 1.31 bits per heavy atom. The number of nitrogens with zero attached hydrogens (tertiary/aromatic N) is 2. The molecule has 0 unspecified atom stereocenters. The highest BCUT2D eigenvalue weighted by atomic mass is 32.2. The van der Waals surface area contributed by atoms with Crippen molar-refractivity contribution in [2.45, 2.75) is 6.42 Å². The van der Waals surface area contributed by atoms with E-state index in [-0.39, 0.29) is 5.91 Å². The summed E-state index contributed by atoms with van der Waals surface area (Å²) in [6.45, 7) is 5.31. The van der Waals surface area contributed by atoms with Gasteiger partial charge in [0.1, 0.15) is 0 Å². The molecule has 5 heteroatoms.